The van der Waals surface area contributed by atoms with Crippen molar-refractivity contribution in [3.8, 4) is 0 Å². The van der Waals surface area contributed by atoms with Crippen molar-refractivity contribution >= 4 is 11.8 Å². The van der Waals surface area contributed by atoms with Crippen LogP contribution in [0, 0.1) is 0 Å². The molecule has 1 aromatic carbocycles. The van der Waals surface area contributed by atoms with E-state index in [0.717, 1.165) is 13.0 Å². The highest BCUT2D eigenvalue weighted by Gasteiger charge is 2.20. The molecule has 0 spiro atoms. The fraction of sp³-hybridized carbons (Fsp3) is 0.455. The third kappa shape index (κ3) is 1.67. The molecule has 2 nitrogen and oxygen atoms in total. The molecule has 76 valence electrons. The van der Waals surface area contributed by atoms with Crippen molar-refractivity contribution in [2.45, 2.75) is 17.4 Å². The largest absolute Gasteiger partial charge is 0.394 e. The van der Waals surface area contributed by atoms with Crippen LogP contribution in [-0.2, 0) is 6.42 Å². The van der Waals surface area contributed by atoms with E-state index in [-0.39, 0.29) is 12.6 Å². The number of nitrogens with one attached hydrogen (secondary N) is 1. The molecular weight excluding hydrogens is 194 g/mol. The minimum Gasteiger partial charge on any atom is -0.394 e. The van der Waals surface area contributed by atoms with Gasteiger partial charge < -0.3 is 10.4 Å². The first kappa shape index (κ1) is 10.0. The predicted octanol–water partition coefficient (Wildman–Crippen LogP) is 1.59. The lowest BCUT2D eigenvalue weighted by Crippen LogP contribution is -2.32. The zero-order chi connectivity index (χ0) is 9.97. The summed E-state index contributed by atoms with van der Waals surface area (Å²) in [5.41, 5.74) is 2.68. The van der Waals surface area contributed by atoms with Crippen LogP contribution in [0.1, 0.15) is 17.2 Å². The van der Waals surface area contributed by atoms with Crippen LogP contribution in [0.25, 0.3) is 0 Å². The van der Waals surface area contributed by atoms with Crippen LogP contribution in [0.2, 0.25) is 0 Å². The molecule has 1 aromatic rings. The Hall–Kier alpha value is -0.510. The minimum absolute atomic E-state index is 0.130. The first-order chi connectivity index (χ1) is 6.86. The zero-order valence-corrected chi connectivity index (χ0v) is 9.10. The van der Waals surface area contributed by atoms with Gasteiger partial charge in [-0.1, -0.05) is 12.1 Å². The Labute approximate surface area is 88.7 Å². The van der Waals surface area contributed by atoms with Crippen LogP contribution in [0.4, 0.5) is 0 Å². The third-order valence-electron chi connectivity index (χ3n) is 2.71. The topological polar surface area (TPSA) is 32.3 Å². The van der Waals surface area contributed by atoms with Crippen LogP contribution in [0.15, 0.2) is 23.1 Å². The van der Waals surface area contributed by atoms with Gasteiger partial charge in [0.1, 0.15) is 0 Å². The molecule has 0 aliphatic carbocycles. The molecule has 0 radical (unpaired) electrons. The van der Waals surface area contributed by atoms with E-state index in [9.17, 15) is 5.11 Å². The van der Waals surface area contributed by atoms with Gasteiger partial charge in [-0.25, -0.2) is 0 Å². The molecule has 2 rings (SSSR count). The summed E-state index contributed by atoms with van der Waals surface area (Å²) in [6.45, 7) is 1.15. The van der Waals surface area contributed by atoms with Gasteiger partial charge in [-0.05, 0) is 36.4 Å². The average Bonchev–Trinajstić information content (AvgIpc) is 2.27. The van der Waals surface area contributed by atoms with Gasteiger partial charge in [0, 0.05) is 4.90 Å². The second-order valence-electron chi connectivity index (χ2n) is 3.47. The van der Waals surface area contributed by atoms with Gasteiger partial charge in [0.2, 0.25) is 0 Å². The van der Waals surface area contributed by atoms with Gasteiger partial charge >= 0.3 is 0 Å². The molecule has 0 aromatic heterocycles. The van der Waals surface area contributed by atoms with Crippen LogP contribution in [0.5, 0.6) is 0 Å². The maximum Gasteiger partial charge on any atom is 0.0626 e. The highest BCUT2D eigenvalue weighted by molar-refractivity contribution is 7.98. The van der Waals surface area contributed by atoms with Crippen molar-refractivity contribution in [1.29, 1.82) is 0 Å². The highest BCUT2D eigenvalue weighted by atomic mass is 32.2. The molecule has 3 heteroatoms. The van der Waals surface area contributed by atoms with E-state index in [1.54, 1.807) is 11.8 Å². The second kappa shape index (κ2) is 4.34. The number of rotatable bonds is 2. The van der Waals surface area contributed by atoms with Crippen molar-refractivity contribution in [2.75, 3.05) is 19.4 Å². The molecule has 0 saturated carbocycles. The average molecular weight is 209 g/mol. The Morgan fingerprint density at radius 1 is 1.57 bits per heavy atom. The number of hydrogen-bond donors (Lipinski definition) is 2. The predicted molar refractivity (Wildman–Crippen MR) is 59.8 cm³/mol. The molecule has 1 aliphatic heterocycles. The van der Waals surface area contributed by atoms with Crippen LogP contribution in [0.3, 0.4) is 0 Å². The van der Waals surface area contributed by atoms with E-state index < -0.39 is 0 Å². The van der Waals surface area contributed by atoms with E-state index in [4.69, 9.17) is 0 Å². The Bertz CT molecular complexity index is 327. The van der Waals surface area contributed by atoms with Crippen molar-refractivity contribution in [1.82, 2.24) is 5.32 Å². The summed E-state index contributed by atoms with van der Waals surface area (Å²) in [4.78, 5) is 1.35. The monoisotopic (exact) mass is 209 g/mol. The molecule has 1 aliphatic rings. The molecule has 0 bridgehead atoms. The fourth-order valence-electron chi connectivity index (χ4n) is 2.01. The van der Waals surface area contributed by atoms with E-state index >= 15 is 0 Å². The van der Waals surface area contributed by atoms with Crippen LogP contribution >= 0.6 is 11.8 Å². The van der Waals surface area contributed by atoms with Crippen molar-refractivity contribution < 1.29 is 5.11 Å². The molecule has 1 heterocycles. The number of hydrogen-bond acceptors (Lipinski definition) is 3. The van der Waals surface area contributed by atoms with Crippen molar-refractivity contribution in [3.05, 3.63) is 29.3 Å². The van der Waals surface area contributed by atoms with Gasteiger partial charge in [-0.3, -0.25) is 0 Å². The molecule has 0 unspecified atom stereocenters. The summed E-state index contributed by atoms with van der Waals surface area (Å²) in [5, 5.41) is 12.5. The van der Waals surface area contributed by atoms with Gasteiger partial charge in [0.25, 0.3) is 0 Å². The second-order valence-corrected chi connectivity index (χ2v) is 4.32. The van der Waals surface area contributed by atoms with E-state index in [2.05, 4.69) is 29.8 Å². The number of aliphatic hydroxyl groups is 1. The molecule has 2 N–H and O–H groups in total. The quantitative estimate of drug-likeness (QED) is 0.725. The standard InChI is InChI=1S/C11H15NOS/c1-14-11-4-2-3-8-9(11)5-6-12-10(8)7-13/h2-4,10,12-13H,5-7H2,1H3/t10-/m1/s1. The van der Waals surface area contributed by atoms with Gasteiger partial charge in [-0.15, -0.1) is 11.8 Å². The van der Waals surface area contributed by atoms with Gasteiger partial charge in [-0.2, -0.15) is 0 Å². The lowest BCUT2D eigenvalue weighted by atomic mass is 9.95. The van der Waals surface area contributed by atoms with Gasteiger partial charge in [0.05, 0.1) is 12.6 Å². The maximum absolute atomic E-state index is 9.23. The molecule has 0 fully saturated rings. The first-order valence-electron chi connectivity index (χ1n) is 4.87. The summed E-state index contributed by atoms with van der Waals surface area (Å²) in [6.07, 6.45) is 3.18. The third-order valence-corrected chi connectivity index (χ3v) is 3.54. The summed E-state index contributed by atoms with van der Waals surface area (Å²) < 4.78 is 0. The van der Waals surface area contributed by atoms with E-state index in [0.29, 0.717) is 0 Å². The van der Waals surface area contributed by atoms with Gasteiger partial charge in [0.15, 0.2) is 0 Å². The lowest BCUT2D eigenvalue weighted by Gasteiger charge is -2.26. The zero-order valence-electron chi connectivity index (χ0n) is 8.29. The Morgan fingerprint density at radius 3 is 3.14 bits per heavy atom. The molecule has 1 atom stereocenters. The molecule has 0 amide bonds. The van der Waals surface area contributed by atoms with E-state index in [1.165, 1.54) is 16.0 Å². The number of benzene rings is 1. The van der Waals surface area contributed by atoms with E-state index in [1.807, 2.05) is 0 Å². The summed E-state index contributed by atoms with van der Waals surface area (Å²) in [5.74, 6) is 0. The normalized spacial score (nSPS) is 20.6. The van der Waals surface area contributed by atoms with Crippen molar-refractivity contribution in [2.24, 2.45) is 0 Å². The number of fused-ring (bicyclic) bond motifs is 1. The summed E-state index contributed by atoms with van der Waals surface area (Å²) in [7, 11) is 0. The SMILES string of the molecule is CSc1cccc2c1CCN[C@@H]2CO. The number of aliphatic hydroxyl groups excluding tert-OH is 1. The Kier molecular flexibility index (Phi) is 3.11. The Balaban J connectivity index is 2.43. The Morgan fingerprint density at radius 2 is 2.43 bits per heavy atom. The highest BCUT2D eigenvalue weighted by Crippen LogP contribution is 2.30. The first-order valence-corrected chi connectivity index (χ1v) is 6.09. The number of thioether (sulfide) groups is 1. The minimum atomic E-state index is 0.130. The summed E-state index contributed by atoms with van der Waals surface area (Å²) in [6, 6.07) is 6.47. The maximum atomic E-state index is 9.23. The fourth-order valence-corrected chi connectivity index (χ4v) is 2.69. The van der Waals surface area contributed by atoms with Crippen LogP contribution < -0.4 is 5.32 Å². The molecule has 0 saturated heterocycles. The molecule has 14 heavy (non-hydrogen) atoms. The van der Waals surface area contributed by atoms with Crippen LogP contribution in [-0.4, -0.2) is 24.5 Å². The van der Waals surface area contributed by atoms with Crippen molar-refractivity contribution in [3.63, 3.8) is 0 Å². The lowest BCUT2D eigenvalue weighted by molar-refractivity contribution is 0.239. The summed E-state index contributed by atoms with van der Waals surface area (Å²) >= 11 is 1.79. The molecular formula is C11H15NOS. The smallest absolute Gasteiger partial charge is 0.0626 e.